The molecule has 1 aromatic heterocycles. The molecule has 0 aliphatic carbocycles. The lowest BCUT2D eigenvalue weighted by molar-refractivity contribution is 0.122. The molecule has 1 atom stereocenters. The molecule has 6 nitrogen and oxygen atoms in total. The Morgan fingerprint density at radius 3 is 3.00 bits per heavy atom. The van der Waals surface area contributed by atoms with Crippen molar-refractivity contribution in [3.05, 3.63) is 41.8 Å². The smallest absolute Gasteiger partial charge is 0.146 e. The highest BCUT2D eigenvalue weighted by molar-refractivity contribution is 5.49. The van der Waals surface area contributed by atoms with Crippen LogP contribution in [-0.4, -0.2) is 49.2 Å². The third-order valence-corrected chi connectivity index (χ3v) is 4.85. The topological polar surface area (TPSA) is 54.4 Å². The highest BCUT2D eigenvalue weighted by Crippen LogP contribution is 2.22. The number of fused-ring (bicyclic) bond motifs is 1. The molecule has 2 aromatic rings. The molecule has 1 fully saturated rings. The molecule has 0 saturated carbocycles. The molecule has 7 heteroatoms. The van der Waals surface area contributed by atoms with Crippen LogP contribution in [0.3, 0.4) is 0 Å². The lowest BCUT2D eigenvalue weighted by Gasteiger charge is -2.29. The van der Waals surface area contributed by atoms with Gasteiger partial charge in [0.05, 0.1) is 25.1 Å². The van der Waals surface area contributed by atoms with E-state index in [0.717, 1.165) is 44.1 Å². The van der Waals surface area contributed by atoms with Gasteiger partial charge in [-0.25, -0.2) is 9.07 Å². The maximum atomic E-state index is 14.4. The summed E-state index contributed by atoms with van der Waals surface area (Å²) in [6, 6.07) is 7.52. The Kier molecular flexibility index (Phi) is 4.85. The van der Waals surface area contributed by atoms with Crippen LogP contribution in [0.2, 0.25) is 0 Å². The van der Waals surface area contributed by atoms with Crippen LogP contribution in [0.25, 0.3) is 0 Å². The van der Waals surface area contributed by atoms with Gasteiger partial charge < -0.3 is 20.3 Å². The van der Waals surface area contributed by atoms with Crippen LogP contribution in [0.5, 0.6) is 0 Å². The predicted molar refractivity (Wildman–Crippen MR) is 95.3 cm³/mol. The van der Waals surface area contributed by atoms with Gasteiger partial charge in [0, 0.05) is 51.3 Å². The van der Waals surface area contributed by atoms with Gasteiger partial charge >= 0.3 is 0 Å². The molecule has 0 radical (unpaired) electrons. The number of nitrogens with zero attached hydrogens (tertiary/aromatic N) is 3. The Morgan fingerprint density at radius 2 is 2.16 bits per heavy atom. The largest absolute Gasteiger partial charge is 0.378 e. The van der Waals surface area contributed by atoms with Crippen LogP contribution in [0.4, 0.5) is 15.9 Å². The second-order valence-corrected chi connectivity index (χ2v) is 6.66. The van der Waals surface area contributed by atoms with Crippen molar-refractivity contribution >= 4 is 11.5 Å². The summed E-state index contributed by atoms with van der Waals surface area (Å²) in [7, 11) is 0. The third-order valence-electron chi connectivity index (χ3n) is 4.85. The molecule has 1 aromatic carbocycles. The van der Waals surface area contributed by atoms with Crippen LogP contribution >= 0.6 is 0 Å². The van der Waals surface area contributed by atoms with E-state index in [9.17, 15) is 4.39 Å². The summed E-state index contributed by atoms with van der Waals surface area (Å²) >= 11 is 0. The first-order valence-electron chi connectivity index (χ1n) is 8.87. The summed E-state index contributed by atoms with van der Waals surface area (Å²) in [6.45, 7) is 6.21. The molecule has 2 aliphatic rings. The highest BCUT2D eigenvalue weighted by Gasteiger charge is 2.18. The minimum absolute atomic E-state index is 0.151. The molecule has 25 heavy (non-hydrogen) atoms. The number of halogens is 1. The third kappa shape index (κ3) is 3.77. The number of aromatic nitrogens is 2. The van der Waals surface area contributed by atoms with Gasteiger partial charge in [0.15, 0.2) is 0 Å². The van der Waals surface area contributed by atoms with Gasteiger partial charge in [-0.1, -0.05) is 6.07 Å². The van der Waals surface area contributed by atoms with E-state index in [2.05, 4.69) is 15.7 Å². The Bertz CT molecular complexity index is 713. The first kappa shape index (κ1) is 16.4. The number of hydrogen-bond acceptors (Lipinski definition) is 5. The molecule has 0 bridgehead atoms. The molecule has 1 saturated heterocycles. The number of rotatable bonds is 5. The molecular weight excluding hydrogens is 321 g/mol. The van der Waals surface area contributed by atoms with Gasteiger partial charge in [-0.05, 0) is 17.7 Å². The van der Waals surface area contributed by atoms with Gasteiger partial charge in [-0.2, -0.15) is 5.10 Å². The lowest BCUT2D eigenvalue weighted by Crippen LogP contribution is -2.36. The van der Waals surface area contributed by atoms with E-state index in [4.69, 9.17) is 4.74 Å². The van der Waals surface area contributed by atoms with Gasteiger partial charge in [0.25, 0.3) is 0 Å². The van der Waals surface area contributed by atoms with E-state index < -0.39 is 0 Å². The fraction of sp³-hybridized carbons (Fsp3) is 0.500. The Balaban J connectivity index is 1.29. The average molecular weight is 345 g/mol. The van der Waals surface area contributed by atoms with Gasteiger partial charge in [-0.15, -0.1) is 0 Å². The van der Waals surface area contributed by atoms with Gasteiger partial charge in [-0.3, -0.25) is 0 Å². The van der Waals surface area contributed by atoms with E-state index in [0.29, 0.717) is 31.4 Å². The molecule has 134 valence electrons. The monoisotopic (exact) mass is 345 g/mol. The van der Waals surface area contributed by atoms with Crippen molar-refractivity contribution in [2.24, 2.45) is 5.92 Å². The molecule has 4 rings (SSSR count). The van der Waals surface area contributed by atoms with E-state index in [1.807, 2.05) is 34.0 Å². The number of nitrogens with one attached hydrogen (secondary N) is 2. The van der Waals surface area contributed by atoms with Crippen molar-refractivity contribution in [3.63, 3.8) is 0 Å². The summed E-state index contributed by atoms with van der Waals surface area (Å²) in [5.74, 6) is 1.41. The number of anilines is 2. The van der Waals surface area contributed by atoms with E-state index >= 15 is 0 Å². The lowest BCUT2D eigenvalue weighted by atomic mass is 10.1. The first-order valence-corrected chi connectivity index (χ1v) is 8.87. The van der Waals surface area contributed by atoms with E-state index in [1.165, 1.54) is 0 Å². The standard InChI is InChI=1S/C18H24FN5O/c19-16-9-14(1-2-17(16)23-5-7-25-8-6-23)10-20-11-15-12-21-18-3-4-22-24(18)13-15/h1-4,9,15,20-21H,5-8,10-13H2/t15-/m1/s1. The SMILES string of the molecule is Fc1cc(CNC[C@@H]2CNc3ccnn3C2)ccc1N1CCOCC1. The summed E-state index contributed by atoms with van der Waals surface area (Å²) in [5.41, 5.74) is 1.65. The van der Waals surface area contributed by atoms with Gasteiger partial charge in [0.2, 0.25) is 0 Å². The fourth-order valence-electron chi connectivity index (χ4n) is 3.46. The molecule has 2 N–H and O–H groups in total. The average Bonchev–Trinajstić information content (AvgIpc) is 3.10. The Labute approximate surface area is 147 Å². The maximum absolute atomic E-state index is 14.4. The maximum Gasteiger partial charge on any atom is 0.146 e. The first-order chi connectivity index (χ1) is 12.3. The second kappa shape index (κ2) is 7.41. The van der Waals surface area contributed by atoms with Crippen molar-refractivity contribution in [1.29, 1.82) is 0 Å². The zero-order valence-corrected chi connectivity index (χ0v) is 14.2. The van der Waals surface area contributed by atoms with Crippen molar-refractivity contribution < 1.29 is 9.13 Å². The molecule has 0 unspecified atom stereocenters. The van der Waals surface area contributed by atoms with Gasteiger partial charge in [0.1, 0.15) is 11.6 Å². The van der Waals surface area contributed by atoms with E-state index in [1.54, 1.807) is 6.07 Å². The number of hydrogen-bond donors (Lipinski definition) is 2. The van der Waals surface area contributed by atoms with Crippen LogP contribution in [0.15, 0.2) is 30.5 Å². The summed E-state index contributed by atoms with van der Waals surface area (Å²) in [6.07, 6.45) is 1.82. The quantitative estimate of drug-likeness (QED) is 0.864. The second-order valence-electron chi connectivity index (χ2n) is 6.66. The molecule has 3 heterocycles. The number of morpholine rings is 1. The van der Waals surface area contributed by atoms with Crippen LogP contribution in [0, 0.1) is 11.7 Å². The van der Waals surface area contributed by atoms with Crippen molar-refractivity contribution in [1.82, 2.24) is 15.1 Å². The van der Waals surface area contributed by atoms with E-state index in [-0.39, 0.29) is 5.82 Å². The highest BCUT2D eigenvalue weighted by atomic mass is 19.1. The van der Waals surface area contributed by atoms with Crippen molar-refractivity contribution in [2.45, 2.75) is 13.1 Å². The predicted octanol–water partition coefficient (Wildman–Crippen LogP) is 1.69. The van der Waals surface area contributed by atoms with Crippen molar-refractivity contribution in [2.75, 3.05) is 49.6 Å². The van der Waals surface area contributed by atoms with Crippen LogP contribution in [-0.2, 0) is 17.8 Å². The zero-order valence-electron chi connectivity index (χ0n) is 14.2. The Hall–Kier alpha value is -2.12. The normalized spacial score (nSPS) is 20.2. The van der Waals surface area contributed by atoms with Crippen LogP contribution < -0.4 is 15.5 Å². The molecule has 2 aliphatic heterocycles. The molecule has 0 spiro atoms. The zero-order chi connectivity index (χ0) is 17.1. The minimum Gasteiger partial charge on any atom is -0.378 e. The van der Waals surface area contributed by atoms with Crippen LogP contribution in [0.1, 0.15) is 5.56 Å². The fourth-order valence-corrected chi connectivity index (χ4v) is 3.46. The minimum atomic E-state index is -0.151. The summed E-state index contributed by atoms with van der Waals surface area (Å²) in [4.78, 5) is 2.05. The number of ether oxygens (including phenoxy) is 1. The summed E-state index contributed by atoms with van der Waals surface area (Å²) < 4.78 is 21.7. The molecular formula is C18H24FN5O. The molecule has 0 amide bonds. The number of benzene rings is 1. The van der Waals surface area contributed by atoms with Crippen molar-refractivity contribution in [3.8, 4) is 0 Å². The summed E-state index contributed by atoms with van der Waals surface area (Å²) in [5, 5.41) is 11.1. The Morgan fingerprint density at radius 1 is 1.28 bits per heavy atom.